The van der Waals surface area contributed by atoms with E-state index in [4.69, 9.17) is 5.73 Å². The summed E-state index contributed by atoms with van der Waals surface area (Å²) in [5.41, 5.74) is 8.85. The van der Waals surface area contributed by atoms with Gasteiger partial charge in [-0.25, -0.2) is 13.4 Å². The van der Waals surface area contributed by atoms with Gasteiger partial charge >= 0.3 is 0 Å². The predicted molar refractivity (Wildman–Crippen MR) is 79.5 cm³/mol. The Hall–Kier alpha value is -1.44. The monoisotopic (exact) mass is 309 g/mol. The minimum atomic E-state index is -3.60. The van der Waals surface area contributed by atoms with Crippen LogP contribution in [0.1, 0.15) is 16.7 Å². The fourth-order valence-corrected chi connectivity index (χ4v) is 4.61. The molecule has 106 valence electrons. The van der Waals surface area contributed by atoms with Crippen LogP contribution in [0, 0.1) is 6.92 Å². The van der Waals surface area contributed by atoms with E-state index in [1.54, 1.807) is 24.6 Å². The molecule has 0 aliphatic heterocycles. The van der Waals surface area contributed by atoms with Crippen molar-refractivity contribution in [1.29, 1.82) is 0 Å². The second kappa shape index (κ2) is 4.83. The number of hydrogen-bond donors (Lipinski definition) is 2. The number of anilines is 1. The molecule has 1 aliphatic carbocycles. The van der Waals surface area contributed by atoms with Gasteiger partial charge < -0.3 is 5.73 Å². The second-order valence-electron chi connectivity index (χ2n) is 5.00. The topological polar surface area (TPSA) is 85.1 Å². The zero-order valence-corrected chi connectivity index (χ0v) is 12.6. The van der Waals surface area contributed by atoms with Crippen molar-refractivity contribution in [3.8, 4) is 0 Å². The summed E-state index contributed by atoms with van der Waals surface area (Å²) in [6.45, 7) is 1.81. The largest absolute Gasteiger partial charge is 0.327 e. The molecule has 0 bridgehead atoms. The van der Waals surface area contributed by atoms with Crippen LogP contribution in [0.5, 0.6) is 0 Å². The highest BCUT2D eigenvalue weighted by atomic mass is 32.2. The predicted octanol–water partition coefficient (Wildman–Crippen LogP) is 1.68. The Labute approximate surface area is 121 Å². The SMILES string of the molecule is Cc1cc2c(cc1S(=O)(=O)Nc1nccs1)CC(N)C2. The molecule has 0 spiro atoms. The number of nitrogens with two attached hydrogens (primary N) is 1. The third-order valence-electron chi connectivity index (χ3n) is 3.40. The van der Waals surface area contributed by atoms with Crippen LogP contribution in [0.3, 0.4) is 0 Å². The maximum absolute atomic E-state index is 12.4. The quantitative estimate of drug-likeness (QED) is 0.903. The summed E-state index contributed by atoms with van der Waals surface area (Å²) < 4.78 is 27.4. The van der Waals surface area contributed by atoms with E-state index in [1.165, 1.54) is 11.3 Å². The molecule has 0 saturated heterocycles. The number of hydrogen-bond acceptors (Lipinski definition) is 5. The van der Waals surface area contributed by atoms with E-state index in [-0.39, 0.29) is 6.04 Å². The molecule has 0 saturated carbocycles. The average molecular weight is 309 g/mol. The van der Waals surface area contributed by atoms with Gasteiger partial charge in [0.05, 0.1) is 4.90 Å². The molecule has 1 atom stereocenters. The highest BCUT2D eigenvalue weighted by molar-refractivity contribution is 7.93. The molecule has 20 heavy (non-hydrogen) atoms. The number of aromatic nitrogens is 1. The highest BCUT2D eigenvalue weighted by Gasteiger charge is 2.24. The van der Waals surface area contributed by atoms with E-state index in [0.717, 1.165) is 29.5 Å². The number of thiazole rings is 1. The van der Waals surface area contributed by atoms with Crippen molar-refractivity contribution >= 4 is 26.5 Å². The average Bonchev–Trinajstić information content (AvgIpc) is 2.95. The second-order valence-corrected chi connectivity index (χ2v) is 7.54. The number of nitrogens with one attached hydrogen (secondary N) is 1. The van der Waals surface area contributed by atoms with Crippen LogP contribution in [0.4, 0.5) is 5.13 Å². The van der Waals surface area contributed by atoms with Crippen molar-refractivity contribution in [1.82, 2.24) is 4.98 Å². The van der Waals surface area contributed by atoms with Gasteiger partial charge in [0.1, 0.15) is 0 Å². The van der Waals surface area contributed by atoms with Gasteiger partial charge in [-0.2, -0.15) is 0 Å². The lowest BCUT2D eigenvalue weighted by Crippen LogP contribution is -2.19. The molecule has 1 heterocycles. The van der Waals surface area contributed by atoms with Crippen LogP contribution in [0.2, 0.25) is 0 Å². The van der Waals surface area contributed by atoms with Gasteiger partial charge in [0, 0.05) is 17.6 Å². The third kappa shape index (κ3) is 2.44. The molecule has 1 aromatic heterocycles. The fourth-order valence-electron chi connectivity index (χ4n) is 2.54. The van der Waals surface area contributed by atoms with Crippen molar-refractivity contribution < 1.29 is 8.42 Å². The molecule has 3 rings (SSSR count). The summed E-state index contributed by atoms with van der Waals surface area (Å²) >= 11 is 1.25. The van der Waals surface area contributed by atoms with E-state index in [2.05, 4.69) is 9.71 Å². The number of rotatable bonds is 3. The van der Waals surface area contributed by atoms with Gasteiger partial charge in [0.2, 0.25) is 0 Å². The molecule has 0 radical (unpaired) electrons. The molecule has 0 fully saturated rings. The molecule has 7 heteroatoms. The van der Waals surface area contributed by atoms with Gasteiger partial charge in [0.25, 0.3) is 10.0 Å². The molecule has 0 amide bonds. The van der Waals surface area contributed by atoms with Crippen LogP contribution in [-0.4, -0.2) is 19.4 Å². The zero-order valence-electron chi connectivity index (χ0n) is 11.0. The Morgan fingerprint density at radius 3 is 2.70 bits per heavy atom. The molecular weight excluding hydrogens is 294 g/mol. The van der Waals surface area contributed by atoms with E-state index in [0.29, 0.717) is 10.0 Å². The van der Waals surface area contributed by atoms with Crippen LogP contribution < -0.4 is 10.5 Å². The third-order valence-corrected chi connectivity index (χ3v) is 5.70. The van der Waals surface area contributed by atoms with Gasteiger partial charge in [-0.05, 0) is 42.5 Å². The maximum Gasteiger partial charge on any atom is 0.263 e. The van der Waals surface area contributed by atoms with Gasteiger partial charge in [-0.15, -0.1) is 11.3 Å². The van der Waals surface area contributed by atoms with Crippen molar-refractivity contribution in [2.75, 3.05) is 4.72 Å². The van der Waals surface area contributed by atoms with E-state index >= 15 is 0 Å². The number of aryl methyl sites for hydroxylation is 1. The highest BCUT2D eigenvalue weighted by Crippen LogP contribution is 2.28. The first kappa shape index (κ1) is 13.5. The zero-order chi connectivity index (χ0) is 14.3. The number of fused-ring (bicyclic) bond motifs is 1. The van der Waals surface area contributed by atoms with E-state index in [9.17, 15) is 8.42 Å². The summed E-state index contributed by atoms with van der Waals surface area (Å²) in [5.74, 6) is 0. The van der Waals surface area contributed by atoms with Crippen molar-refractivity contribution in [2.24, 2.45) is 5.73 Å². The van der Waals surface area contributed by atoms with Crippen LogP contribution in [0.15, 0.2) is 28.6 Å². The lowest BCUT2D eigenvalue weighted by atomic mass is 10.1. The number of nitrogens with zero attached hydrogens (tertiary/aromatic N) is 1. The molecule has 1 unspecified atom stereocenters. The summed E-state index contributed by atoms with van der Waals surface area (Å²) in [4.78, 5) is 4.26. The molecule has 1 aromatic carbocycles. The van der Waals surface area contributed by atoms with Crippen molar-refractivity contribution in [2.45, 2.75) is 30.7 Å². The van der Waals surface area contributed by atoms with Crippen molar-refractivity contribution in [3.63, 3.8) is 0 Å². The summed E-state index contributed by atoms with van der Waals surface area (Å²) in [7, 11) is -3.60. The normalized spacial score (nSPS) is 18.0. The van der Waals surface area contributed by atoms with Gasteiger partial charge in [-0.3, -0.25) is 4.72 Å². The minimum absolute atomic E-state index is 0.0919. The first-order valence-corrected chi connectivity index (χ1v) is 8.62. The minimum Gasteiger partial charge on any atom is -0.327 e. The molecule has 3 N–H and O–H groups in total. The smallest absolute Gasteiger partial charge is 0.263 e. The van der Waals surface area contributed by atoms with Crippen LogP contribution >= 0.6 is 11.3 Å². The van der Waals surface area contributed by atoms with Crippen LogP contribution in [0.25, 0.3) is 0 Å². The Balaban J connectivity index is 2.00. The molecule has 1 aliphatic rings. The maximum atomic E-state index is 12.4. The summed E-state index contributed by atoms with van der Waals surface area (Å²) in [6.07, 6.45) is 3.11. The number of benzene rings is 1. The van der Waals surface area contributed by atoms with Gasteiger partial charge in [-0.1, -0.05) is 6.07 Å². The molecular formula is C13H15N3O2S2. The molecule has 5 nitrogen and oxygen atoms in total. The summed E-state index contributed by atoms with van der Waals surface area (Å²) in [6, 6.07) is 3.76. The first-order chi connectivity index (χ1) is 9.45. The van der Waals surface area contributed by atoms with Crippen LogP contribution in [-0.2, 0) is 22.9 Å². The number of sulfonamides is 1. The Kier molecular flexibility index (Phi) is 3.27. The van der Waals surface area contributed by atoms with Crippen molar-refractivity contribution in [3.05, 3.63) is 40.4 Å². The van der Waals surface area contributed by atoms with Gasteiger partial charge in [0.15, 0.2) is 5.13 Å². The standard InChI is InChI=1S/C13H15N3O2S2/c1-8-4-9-5-11(14)6-10(9)7-12(8)20(17,18)16-13-15-2-3-19-13/h2-4,7,11H,5-6,14H2,1H3,(H,15,16). The molecule has 2 aromatic rings. The Morgan fingerprint density at radius 1 is 1.35 bits per heavy atom. The first-order valence-electron chi connectivity index (χ1n) is 6.26. The van der Waals surface area contributed by atoms with E-state index < -0.39 is 10.0 Å². The Bertz CT molecular complexity index is 739. The van der Waals surface area contributed by atoms with E-state index in [1.807, 2.05) is 6.07 Å². The summed E-state index contributed by atoms with van der Waals surface area (Å²) in [5, 5.41) is 2.11. The lowest BCUT2D eigenvalue weighted by Gasteiger charge is -2.10. The lowest BCUT2D eigenvalue weighted by molar-refractivity contribution is 0.600. The Morgan fingerprint density at radius 2 is 2.05 bits per heavy atom. The fraction of sp³-hybridized carbons (Fsp3) is 0.308.